The van der Waals surface area contributed by atoms with E-state index in [0.717, 1.165) is 38.0 Å². The van der Waals surface area contributed by atoms with Crippen molar-refractivity contribution in [3.63, 3.8) is 0 Å². The van der Waals surface area contributed by atoms with Crippen molar-refractivity contribution >= 4 is 17.7 Å². The van der Waals surface area contributed by atoms with E-state index < -0.39 is 5.54 Å². The van der Waals surface area contributed by atoms with Crippen LogP contribution in [0.2, 0.25) is 0 Å². The first-order valence-corrected chi connectivity index (χ1v) is 8.45. The normalized spacial score (nSPS) is 27.6. The molecule has 0 spiro atoms. The zero-order chi connectivity index (χ0) is 13.4. The van der Waals surface area contributed by atoms with Gasteiger partial charge in [-0.25, -0.2) is 0 Å². The number of hydrogen-bond donors (Lipinski definition) is 2. The molecule has 0 heterocycles. The molecular formula is C14H28N2OS. The van der Waals surface area contributed by atoms with Gasteiger partial charge in [-0.15, -0.1) is 0 Å². The average molecular weight is 272 g/mol. The molecule has 18 heavy (non-hydrogen) atoms. The number of rotatable bonds is 9. The predicted molar refractivity (Wildman–Crippen MR) is 79.8 cm³/mol. The van der Waals surface area contributed by atoms with E-state index in [1.807, 2.05) is 11.8 Å². The summed E-state index contributed by atoms with van der Waals surface area (Å²) in [6.45, 7) is 5.10. The molecule has 0 bridgehead atoms. The second-order valence-corrected chi connectivity index (χ2v) is 6.43. The maximum absolute atomic E-state index is 11.8. The SMILES string of the molecule is CCCCSCCC1CCCC1(NCC)C(N)=O. The Morgan fingerprint density at radius 1 is 1.44 bits per heavy atom. The summed E-state index contributed by atoms with van der Waals surface area (Å²) in [5.41, 5.74) is 5.24. The molecule has 2 atom stereocenters. The lowest BCUT2D eigenvalue weighted by Crippen LogP contribution is -2.57. The van der Waals surface area contributed by atoms with Crippen molar-refractivity contribution in [3.8, 4) is 0 Å². The molecule has 0 aromatic heterocycles. The molecular weight excluding hydrogens is 244 g/mol. The number of carbonyl (C=O) groups excluding carboxylic acids is 1. The Morgan fingerprint density at radius 3 is 2.83 bits per heavy atom. The number of likely N-dealkylation sites (N-methyl/N-ethyl adjacent to an activating group) is 1. The molecule has 1 amide bonds. The van der Waals surface area contributed by atoms with Gasteiger partial charge in [0, 0.05) is 0 Å². The molecule has 3 nitrogen and oxygen atoms in total. The van der Waals surface area contributed by atoms with Gasteiger partial charge in [-0.3, -0.25) is 4.79 Å². The zero-order valence-corrected chi connectivity index (χ0v) is 12.7. The molecule has 1 fully saturated rings. The van der Waals surface area contributed by atoms with E-state index in [1.54, 1.807) is 0 Å². The molecule has 0 saturated heterocycles. The second-order valence-electron chi connectivity index (χ2n) is 5.21. The van der Waals surface area contributed by atoms with Crippen LogP contribution in [0.1, 0.15) is 52.4 Å². The van der Waals surface area contributed by atoms with E-state index >= 15 is 0 Å². The Balaban J connectivity index is 2.44. The minimum Gasteiger partial charge on any atom is -0.368 e. The number of amides is 1. The number of primary amides is 1. The molecule has 0 aromatic carbocycles. The molecule has 3 N–H and O–H groups in total. The number of hydrogen-bond acceptors (Lipinski definition) is 3. The average Bonchev–Trinajstić information content (AvgIpc) is 2.74. The van der Waals surface area contributed by atoms with Crippen LogP contribution in [0.15, 0.2) is 0 Å². The lowest BCUT2D eigenvalue weighted by molar-refractivity contribution is -0.125. The van der Waals surface area contributed by atoms with Gasteiger partial charge < -0.3 is 11.1 Å². The van der Waals surface area contributed by atoms with Gasteiger partial charge in [0.05, 0.1) is 0 Å². The lowest BCUT2D eigenvalue weighted by atomic mass is 9.84. The fourth-order valence-corrected chi connectivity index (χ4v) is 4.15. The Hall–Kier alpha value is -0.220. The summed E-state index contributed by atoms with van der Waals surface area (Å²) in [4.78, 5) is 11.8. The fourth-order valence-electron chi connectivity index (χ4n) is 3.00. The summed E-state index contributed by atoms with van der Waals surface area (Å²) >= 11 is 2.02. The second kappa shape index (κ2) is 8.05. The maximum Gasteiger partial charge on any atom is 0.238 e. The summed E-state index contributed by atoms with van der Waals surface area (Å²) in [7, 11) is 0. The summed E-state index contributed by atoms with van der Waals surface area (Å²) in [6.07, 6.45) is 6.86. The fraction of sp³-hybridized carbons (Fsp3) is 0.929. The number of nitrogens with one attached hydrogen (secondary N) is 1. The van der Waals surface area contributed by atoms with Gasteiger partial charge in [0.2, 0.25) is 5.91 Å². The highest BCUT2D eigenvalue weighted by molar-refractivity contribution is 7.99. The zero-order valence-electron chi connectivity index (χ0n) is 11.8. The number of unbranched alkanes of at least 4 members (excludes halogenated alkanes) is 1. The molecule has 2 unspecified atom stereocenters. The van der Waals surface area contributed by atoms with Crippen molar-refractivity contribution in [2.45, 2.75) is 57.9 Å². The molecule has 1 rings (SSSR count). The minimum atomic E-state index is -0.417. The van der Waals surface area contributed by atoms with Crippen LogP contribution >= 0.6 is 11.8 Å². The van der Waals surface area contributed by atoms with Crippen LogP contribution in [-0.4, -0.2) is 29.5 Å². The smallest absolute Gasteiger partial charge is 0.238 e. The highest BCUT2D eigenvalue weighted by Crippen LogP contribution is 2.38. The predicted octanol–water partition coefficient (Wildman–Crippen LogP) is 2.54. The van der Waals surface area contributed by atoms with Crippen LogP contribution in [0.3, 0.4) is 0 Å². The summed E-state index contributed by atoms with van der Waals surface area (Å²) in [5, 5.41) is 3.38. The molecule has 0 aromatic rings. The van der Waals surface area contributed by atoms with Gasteiger partial charge in [0.1, 0.15) is 5.54 Å². The standard InChI is InChI=1S/C14H28N2OS/c1-3-5-10-18-11-8-12-7-6-9-14(12,13(15)17)16-4-2/h12,16H,3-11H2,1-2H3,(H2,15,17). The van der Waals surface area contributed by atoms with Gasteiger partial charge >= 0.3 is 0 Å². The maximum atomic E-state index is 11.8. The first-order chi connectivity index (χ1) is 8.67. The van der Waals surface area contributed by atoms with Crippen molar-refractivity contribution in [2.75, 3.05) is 18.1 Å². The van der Waals surface area contributed by atoms with E-state index in [1.165, 1.54) is 18.6 Å². The third kappa shape index (κ3) is 3.89. The minimum absolute atomic E-state index is 0.148. The number of thioether (sulfide) groups is 1. The van der Waals surface area contributed by atoms with Gasteiger partial charge in [-0.05, 0) is 49.7 Å². The van der Waals surface area contributed by atoms with Crippen LogP contribution < -0.4 is 11.1 Å². The van der Waals surface area contributed by atoms with Crippen LogP contribution in [0.4, 0.5) is 0 Å². The topological polar surface area (TPSA) is 55.1 Å². The molecule has 1 saturated carbocycles. The summed E-state index contributed by atoms with van der Waals surface area (Å²) in [6, 6.07) is 0. The molecule has 4 heteroatoms. The van der Waals surface area contributed by atoms with Gasteiger partial charge in [0.25, 0.3) is 0 Å². The quantitative estimate of drug-likeness (QED) is 0.634. The highest BCUT2D eigenvalue weighted by Gasteiger charge is 2.46. The highest BCUT2D eigenvalue weighted by atomic mass is 32.2. The number of nitrogens with two attached hydrogens (primary N) is 1. The monoisotopic (exact) mass is 272 g/mol. The van der Waals surface area contributed by atoms with E-state index in [0.29, 0.717) is 5.92 Å². The van der Waals surface area contributed by atoms with Crippen molar-refractivity contribution in [1.29, 1.82) is 0 Å². The summed E-state index contributed by atoms with van der Waals surface area (Å²) < 4.78 is 0. The Morgan fingerprint density at radius 2 is 2.22 bits per heavy atom. The molecule has 0 radical (unpaired) electrons. The first-order valence-electron chi connectivity index (χ1n) is 7.30. The van der Waals surface area contributed by atoms with Crippen LogP contribution in [-0.2, 0) is 4.79 Å². The Bertz CT molecular complexity index is 260. The van der Waals surface area contributed by atoms with Crippen molar-refractivity contribution in [3.05, 3.63) is 0 Å². The Kier molecular flexibility index (Phi) is 7.08. The third-order valence-electron chi connectivity index (χ3n) is 4.01. The third-order valence-corrected chi connectivity index (χ3v) is 5.11. The lowest BCUT2D eigenvalue weighted by Gasteiger charge is -2.33. The van der Waals surface area contributed by atoms with Gasteiger partial charge in [0.15, 0.2) is 0 Å². The molecule has 1 aliphatic rings. The van der Waals surface area contributed by atoms with Crippen LogP contribution in [0, 0.1) is 5.92 Å². The van der Waals surface area contributed by atoms with Crippen molar-refractivity contribution < 1.29 is 4.79 Å². The summed E-state index contributed by atoms with van der Waals surface area (Å²) in [5.74, 6) is 2.69. The molecule has 1 aliphatic carbocycles. The van der Waals surface area contributed by atoms with Gasteiger partial charge in [-0.1, -0.05) is 26.7 Å². The van der Waals surface area contributed by atoms with Crippen molar-refractivity contribution in [1.82, 2.24) is 5.32 Å². The van der Waals surface area contributed by atoms with Crippen molar-refractivity contribution in [2.24, 2.45) is 11.7 Å². The van der Waals surface area contributed by atoms with Crippen LogP contribution in [0.25, 0.3) is 0 Å². The van der Waals surface area contributed by atoms with Gasteiger partial charge in [-0.2, -0.15) is 11.8 Å². The largest absolute Gasteiger partial charge is 0.368 e. The Labute approximate surface area is 116 Å². The molecule has 106 valence electrons. The van der Waals surface area contributed by atoms with Crippen LogP contribution in [0.5, 0.6) is 0 Å². The number of carbonyl (C=O) groups is 1. The molecule has 0 aliphatic heterocycles. The first kappa shape index (κ1) is 15.8. The van der Waals surface area contributed by atoms with E-state index in [9.17, 15) is 4.79 Å². The van der Waals surface area contributed by atoms with E-state index in [2.05, 4.69) is 19.2 Å². The van der Waals surface area contributed by atoms with E-state index in [-0.39, 0.29) is 5.91 Å². The van der Waals surface area contributed by atoms with E-state index in [4.69, 9.17) is 5.73 Å².